The number of fused-ring (bicyclic) bond motifs is 1. The van der Waals surface area contributed by atoms with Crippen LogP contribution in [0.2, 0.25) is 0 Å². The molecular formula is C27H32N2O2. The van der Waals surface area contributed by atoms with Crippen molar-refractivity contribution in [3.63, 3.8) is 0 Å². The highest BCUT2D eigenvalue weighted by Crippen LogP contribution is 2.28. The van der Waals surface area contributed by atoms with E-state index in [0.29, 0.717) is 13.0 Å². The number of piperidine rings is 1. The molecule has 1 aliphatic rings. The van der Waals surface area contributed by atoms with Crippen molar-refractivity contribution in [3.05, 3.63) is 65.9 Å². The SMILES string of the molecule is C#CCCOc1ccc2c(c1)c(CN1CCC(O)CC1)cn2CCCc1ccccc1. The molecule has 0 aliphatic carbocycles. The van der Waals surface area contributed by atoms with Crippen molar-refractivity contribution in [2.45, 2.75) is 51.3 Å². The van der Waals surface area contributed by atoms with Gasteiger partial charge >= 0.3 is 0 Å². The van der Waals surface area contributed by atoms with Crippen LogP contribution in [0.1, 0.15) is 36.8 Å². The quantitative estimate of drug-likeness (QED) is 0.408. The Bertz CT molecular complexity index is 1010. The maximum Gasteiger partial charge on any atom is 0.120 e. The monoisotopic (exact) mass is 416 g/mol. The van der Waals surface area contributed by atoms with Gasteiger partial charge in [0.1, 0.15) is 5.75 Å². The molecule has 3 aromatic rings. The Morgan fingerprint density at radius 1 is 1.10 bits per heavy atom. The van der Waals surface area contributed by atoms with Crippen molar-refractivity contribution in [2.24, 2.45) is 0 Å². The van der Waals surface area contributed by atoms with Crippen LogP contribution in [-0.2, 0) is 19.5 Å². The summed E-state index contributed by atoms with van der Waals surface area (Å²) in [5.41, 5.74) is 3.97. The Hall–Kier alpha value is -2.74. The lowest BCUT2D eigenvalue weighted by Crippen LogP contribution is -2.35. The van der Waals surface area contributed by atoms with Gasteiger partial charge in [0, 0.05) is 49.7 Å². The summed E-state index contributed by atoms with van der Waals surface area (Å²) in [5, 5.41) is 11.1. The van der Waals surface area contributed by atoms with E-state index < -0.39 is 0 Å². The summed E-state index contributed by atoms with van der Waals surface area (Å²) in [5.74, 6) is 3.50. The summed E-state index contributed by atoms with van der Waals surface area (Å²) in [4.78, 5) is 2.45. The predicted molar refractivity (Wildman–Crippen MR) is 126 cm³/mol. The molecule has 2 aromatic carbocycles. The summed E-state index contributed by atoms with van der Waals surface area (Å²) in [7, 11) is 0. The second-order valence-corrected chi connectivity index (χ2v) is 8.43. The van der Waals surface area contributed by atoms with Crippen LogP contribution < -0.4 is 4.74 Å². The lowest BCUT2D eigenvalue weighted by atomic mass is 10.1. The minimum atomic E-state index is -0.147. The van der Waals surface area contributed by atoms with E-state index in [4.69, 9.17) is 11.2 Å². The molecule has 2 heterocycles. The Labute approximate surface area is 185 Å². The third kappa shape index (κ3) is 5.70. The normalized spacial score (nSPS) is 15.2. The van der Waals surface area contributed by atoms with Gasteiger partial charge in [0.2, 0.25) is 0 Å². The predicted octanol–water partition coefficient (Wildman–Crippen LogP) is 4.63. The summed E-state index contributed by atoms with van der Waals surface area (Å²) >= 11 is 0. The Balaban J connectivity index is 1.52. The van der Waals surface area contributed by atoms with Gasteiger partial charge in [-0.3, -0.25) is 4.90 Å². The van der Waals surface area contributed by atoms with Crippen LogP contribution in [0.25, 0.3) is 10.9 Å². The third-order valence-electron chi connectivity index (χ3n) is 6.11. The van der Waals surface area contributed by atoms with Crippen LogP contribution in [-0.4, -0.2) is 40.4 Å². The van der Waals surface area contributed by atoms with Crippen molar-refractivity contribution >= 4 is 10.9 Å². The largest absolute Gasteiger partial charge is 0.493 e. The molecule has 0 unspecified atom stereocenters. The molecule has 1 saturated heterocycles. The highest BCUT2D eigenvalue weighted by Gasteiger charge is 2.19. The fourth-order valence-electron chi connectivity index (χ4n) is 4.40. The molecule has 1 fully saturated rings. The lowest BCUT2D eigenvalue weighted by molar-refractivity contribution is 0.0794. The van der Waals surface area contributed by atoms with Gasteiger partial charge < -0.3 is 14.4 Å². The van der Waals surface area contributed by atoms with Crippen molar-refractivity contribution < 1.29 is 9.84 Å². The third-order valence-corrected chi connectivity index (χ3v) is 6.11. The molecular weight excluding hydrogens is 384 g/mol. The Kier molecular flexibility index (Phi) is 7.30. The zero-order valence-electron chi connectivity index (χ0n) is 18.2. The summed E-state index contributed by atoms with van der Waals surface area (Å²) in [6, 6.07) is 17.1. The first kappa shape index (κ1) is 21.5. The van der Waals surface area contributed by atoms with E-state index in [0.717, 1.165) is 57.6 Å². The van der Waals surface area contributed by atoms with Crippen molar-refractivity contribution in [2.75, 3.05) is 19.7 Å². The van der Waals surface area contributed by atoms with E-state index in [-0.39, 0.29) is 6.10 Å². The first-order valence-corrected chi connectivity index (χ1v) is 11.4. The molecule has 4 nitrogen and oxygen atoms in total. The average Bonchev–Trinajstić information content (AvgIpc) is 3.13. The number of aryl methyl sites for hydroxylation is 2. The van der Waals surface area contributed by atoms with Crippen LogP contribution in [0.4, 0.5) is 0 Å². The molecule has 1 aliphatic heterocycles. The number of terminal acetylenes is 1. The molecule has 4 heteroatoms. The van der Waals surface area contributed by atoms with Crippen molar-refractivity contribution in [1.82, 2.24) is 9.47 Å². The number of hydrogen-bond donors (Lipinski definition) is 1. The first-order valence-electron chi connectivity index (χ1n) is 11.4. The van der Waals surface area contributed by atoms with Gasteiger partial charge in [-0.1, -0.05) is 30.3 Å². The van der Waals surface area contributed by atoms with Crippen molar-refractivity contribution in [1.29, 1.82) is 0 Å². The molecule has 0 amide bonds. The lowest BCUT2D eigenvalue weighted by Gasteiger charge is -2.29. The average molecular weight is 417 g/mol. The molecule has 1 N–H and O–H groups in total. The number of hydrogen-bond acceptors (Lipinski definition) is 3. The van der Waals surface area contributed by atoms with Crippen molar-refractivity contribution in [3.8, 4) is 18.1 Å². The Morgan fingerprint density at radius 2 is 1.90 bits per heavy atom. The molecule has 31 heavy (non-hydrogen) atoms. The van der Waals surface area contributed by atoms with E-state index in [2.05, 4.69) is 64.0 Å². The number of aliphatic hydroxyl groups excluding tert-OH is 1. The zero-order chi connectivity index (χ0) is 21.5. The maximum absolute atomic E-state index is 9.84. The van der Waals surface area contributed by atoms with E-state index in [9.17, 15) is 5.11 Å². The Morgan fingerprint density at radius 3 is 2.68 bits per heavy atom. The maximum atomic E-state index is 9.84. The van der Waals surface area contributed by atoms with E-state index in [1.807, 2.05) is 6.07 Å². The molecule has 0 atom stereocenters. The molecule has 4 rings (SSSR count). The summed E-state index contributed by atoms with van der Waals surface area (Å²) < 4.78 is 8.25. The van der Waals surface area contributed by atoms with Gasteiger partial charge in [0.05, 0.1) is 12.7 Å². The summed E-state index contributed by atoms with van der Waals surface area (Å²) in [6.07, 6.45) is 12.0. The molecule has 0 bridgehead atoms. The number of aliphatic hydroxyl groups is 1. The van der Waals surface area contributed by atoms with E-state index >= 15 is 0 Å². The van der Waals surface area contributed by atoms with E-state index in [1.54, 1.807) is 0 Å². The number of rotatable bonds is 9. The topological polar surface area (TPSA) is 37.6 Å². The number of ether oxygens (including phenoxy) is 1. The van der Waals surface area contributed by atoms with Crippen LogP contribution in [0.15, 0.2) is 54.7 Å². The van der Waals surface area contributed by atoms with Gasteiger partial charge in [-0.2, -0.15) is 0 Å². The summed E-state index contributed by atoms with van der Waals surface area (Å²) in [6.45, 7) is 4.32. The fourth-order valence-corrected chi connectivity index (χ4v) is 4.40. The van der Waals surface area contributed by atoms with Crippen LogP contribution >= 0.6 is 0 Å². The number of likely N-dealkylation sites (tertiary alicyclic amines) is 1. The molecule has 0 saturated carbocycles. The fraction of sp³-hybridized carbons (Fsp3) is 0.407. The molecule has 1 aromatic heterocycles. The molecule has 0 spiro atoms. The van der Waals surface area contributed by atoms with Gasteiger partial charge in [0.25, 0.3) is 0 Å². The first-order chi connectivity index (χ1) is 15.2. The highest BCUT2D eigenvalue weighted by molar-refractivity contribution is 5.85. The van der Waals surface area contributed by atoms with Crippen LogP contribution in [0, 0.1) is 12.3 Å². The standard InChI is InChI=1S/C27H32N2O2/c1-2-3-18-31-25-11-12-27-26(19-25)23(20-28-16-13-24(30)14-17-28)21-29(27)15-7-10-22-8-5-4-6-9-22/h1,4-6,8-9,11-12,19,21,24,30H,3,7,10,13-18,20H2. The minimum Gasteiger partial charge on any atom is -0.493 e. The molecule has 0 radical (unpaired) electrons. The number of nitrogens with zero attached hydrogens (tertiary/aromatic N) is 2. The zero-order valence-corrected chi connectivity index (χ0v) is 18.2. The second kappa shape index (κ2) is 10.5. The minimum absolute atomic E-state index is 0.147. The highest BCUT2D eigenvalue weighted by atomic mass is 16.5. The van der Waals surface area contributed by atoms with Gasteiger partial charge in [-0.15, -0.1) is 12.3 Å². The molecule has 162 valence electrons. The van der Waals surface area contributed by atoms with Gasteiger partial charge in [0.15, 0.2) is 0 Å². The van der Waals surface area contributed by atoms with Gasteiger partial charge in [-0.05, 0) is 55.0 Å². The smallest absolute Gasteiger partial charge is 0.120 e. The van der Waals surface area contributed by atoms with E-state index in [1.165, 1.54) is 22.0 Å². The number of aromatic nitrogens is 1. The number of benzene rings is 2. The van der Waals surface area contributed by atoms with Crippen LogP contribution in [0.5, 0.6) is 5.75 Å². The second-order valence-electron chi connectivity index (χ2n) is 8.43. The van der Waals surface area contributed by atoms with Crippen LogP contribution in [0.3, 0.4) is 0 Å². The van der Waals surface area contributed by atoms with Gasteiger partial charge in [-0.25, -0.2) is 0 Å².